The quantitative estimate of drug-likeness (QED) is 0.588. The maximum absolute atomic E-state index is 12.5. The van der Waals surface area contributed by atoms with Crippen LogP contribution < -0.4 is 11.1 Å². The molecule has 0 aliphatic rings. The average Bonchev–Trinajstić information content (AvgIpc) is 2.64. The van der Waals surface area contributed by atoms with Gasteiger partial charge in [-0.25, -0.2) is 4.79 Å². The SMILES string of the molecule is CC.COC(=O)C(Cc1ccc(N)cc1)NC(=O)c1c(Cl)cccc1Cl. The summed E-state index contributed by atoms with van der Waals surface area (Å²) in [5.74, 6) is -1.11. The van der Waals surface area contributed by atoms with Gasteiger partial charge in [-0.3, -0.25) is 4.79 Å². The highest BCUT2D eigenvalue weighted by Gasteiger charge is 2.24. The number of benzene rings is 2. The Hall–Kier alpha value is -2.24. The Kier molecular flexibility index (Phi) is 8.96. The predicted molar refractivity (Wildman–Crippen MR) is 106 cm³/mol. The van der Waals surface area contributed by atoms with Crippen LogP contribution in [0.25, 0.3) is 0 Å². The van der Waals surface area contributed by atoms with E-state index in [1.54, 1.807) is 42.5 Å². The van der Waals surface area contributed by atoms with E-state index in [1.807, 2.05) is 13.8 Å². The van der Waals surface area contributed by atoms with Gasteiger partial charge in [-0.1, -0.05) is 55.2 Å². The summed E-state index contributed by atoms with van der Waals surface area (Å²) in [6.07, 6.45) is 0.251. The number of carbonyl (C=O) groups is 2. The summed E-state index contributed by atoms with van der Waals surface area (Å²) in [5, 5.41) is 3.02. The molecule has 7 heteroatoms. The van der Waals surface area contributed by atoms with Crippen molar-refractivity contribution in [2.45, 2.75) is 26.3 Å². The van der Waals surface area contributed by atoms with Crippen LogP contribution >= 0.6 is 23.2 Å². The first kappa shape index (κ1) is 21.8. The molecule has 0 aliphatic heterocycles. The molecular formula is C19H22Cl2N2O3. The lowest BCUT2D eigenvalue weighted by Crippen LogP contribution is -2.43. The molecule has 0 aliphatic carbocycles. The molecule has 0 fully saturated rings. The van der Waals surface area contributed by atoms with Crippen molar-refractivity contribution < 1.29 is 14.3 Å². The maximum atomic E-state index is 12.5. The van der Waals surface area contributed by atoms with Gasteiger partial charge in [-0.15, -0.1) is 0 Å². The number of nitrogens with two attached hydrogens (primary N) is 1. The second-order valence-corrected chi connectivity index (χ2v) is 5.91. The zero-order valence-electron chi connectivity index (χ0n) is 14.9. The van der Waals surface area contributed by atoms with Crippen LogP contribution in [-0.2, 0) is 16.0 Å². The highest BCUT2D eigenvalue weighted by Crippen LogP contribution is 2.24. The Labute approximate surface area is 163 Å². The molecule has 0 bridgehead atoms. The van der Waals surface area contributed by atoms with Crippen molar-refractivity contribution in [3.05, 3.63) is 63.6 Å². The standard InChI is InChI=1S/C17H16Cl2N2O3.C2H6/c1-24-17(23)14(9-10-5-7-11(20)8-6-10)21-16(22)15-12(18)3-2-4-13(15)19;1-2/h2-8,14H,9,20H2,1H3,(H,21,22);1-2H3. The molecule has 0 saturated heterocycles. The van der Waals surface area contributed by atoms with Gasteiger partial charge < -0.3 is 15.8 Å². The third kappa shape index (κ3) is 5.93. The van der Waals surface area contributed by atoms with E-state index in [0.717, 1.165) is 5.56 Å². The Morgan fingerprint density at radius 2 is 1.62 bits per heavy atom. The molecule has 0 heterocycles. The van der Waals surface area contributed by atoms with Gasteiger partial charge in [0.05, 0.1) is 22.7 Å². The van der Waals surface area contributed by atoms with Gasteiger partial charge in [0.25, 0.3) is 5.91 Å². The van der Waals surface area contributed by atoms with Gasteiger partial charge >= 0.3 is 5.97 Å². The molecule has 1 amide bonds. The van der Waals surface area contributed by atoms with Crippen LogP contribution in [0, 0.1) is 0 Å². The predicted octanol–water partition coefficient (Wildman–Crippen LogP) is 4.12. The van der Waals surface area contributed by atoms with Crippen molar-refractivity contribution in [2.24, 2.45) is 0 Å². The molecule has 140 valence electrons. The van der Waals surface area contributed by atoms with E-state index in [1.165, 1.54) is 7.11 Å². The van der Waals surface area contributed by atoms with Gasteiger partial charge in [0.2, 0.25) is 0 Å². The minimum Gasteiger partial charge on any atom is -0.467 e. The van der Waals surface area contributed by atoms with Crippen LogP contribution in [0.3, 0.4) is 0 Å². The van der Waals surface area contributed by atoms with Gasteiger partial charge in [-0.05, 0) is 29.8 Å². The van der Waals surface area contributed by atoms with Crippen molar-refractivity contribution in [1.82, 2.24) is 5.32 Å². The molecule has 0 saturated carbocycles. The van der Waals surface area contributed by atoms with E-state index in [-0.39, 0.29) is 22.0 Å². The average molecular weight is 397 g/mol. The van der Waals surface area contributed by atoms with Crippen LogP contribution in [0.1, 0.15) is 29.8 Å². The van der Waals surface area contributed by atoms with Crippen LogP contribution in [0.4, 0.5) is 5.69 Å². The molecule has 26 heavy (non-hydrogen) atoms. The number of carbonyl (C=O) groups excluding carboxylic acids is 2. The first-order valence-corrected chi connectivity index (χ1v) is 8.85. The number of nitrogens with one attached hydrogen (secondary N) is 1. The number of amides is 1. The molecule has 2 aromatic rings. The molecule has 3 N–H and O–H groups in total. The molecule has 2 rings (SSSR count). The number of ether oxygens (including phenoxy) is 1. The van der Waals surface area contributed by atoms with Gasteiger partial charge in [0.15, 0.2) is 0 Å². The number of rotatable bonds is 5. The van der Waals surface area contributed by atoms with Gasteiger partial charge in [0, 0.05) is 12.1 Å². The monoisotopic (exact) mass is 396 g/mol. The fourth-order valence-electron chi connectivity index (χ4n) is 2.17. The van der Waals surface area contributed by atoms with Gasteiger partial charge in [-0.2, -0.15) is 0 Å². The zero-order chi connectivity index (χ0) is 19.7. The molecule has 0 aromatic heterocycles. The minimum absolute atomic E-state index is 0.118. The lowest BCUT2D eigenvalue weighted by atomic mass is 10.0. The van der Waals surface area contributed by atoms with Crippen LogP contribution in [0.5, 0.6) is 0 Å². The number of hydrogen-bond acceptors (Lipinski definition) is 4. The Balaban J connectivity index is 0.00000163. The van der Waals surface area contributed by atoms with Crippen molar-refractivity contribution in [1.29, 1.82) is 0 Å². The summed E-state index contributed by atoms with van der Waals surface area (Å²) in [6.45, 7) is 4.00. The molecule has 5 nitrogen and oxygen atoms in total. The normalized spacial score (nSPS) is 11.0. The van der Waals surface area contributed by atoms with Gasteiger partial charge in [0.1, 0.15) is 6.04 Å². The highest BCUT2D eigenvalue weighted by molar-refractivity contribution is 6.39. The Morgan fingerprint density at radius 1 is 1.08 bits per heavy atom. The molecule has 2 aromatic carbocycles. The van der Waals surface area contributed by atoms with Crippen LogP contribution in [-0.4, -0.2) is 25.0 Å². The molecule has 1 unspecified atom stereocenters. The number of esters is 1. The zero-order valence-corrected chi connectivity index (χ0v) is 16.4. The van der Waals surface area contributed by atoms with E-state index in [9.17, 15) is 9.59 Å². The third-order valence-corrected chi connectivity index (χ3v) is 4.03. The minimum atomic E-state index is -0.876. The first-order valence-electron chi connectivity index (χ1n) is 8.09. The van der Waals surface area contributed by atoms with E-state index in [2.05, 4.69) is 5.32 Å². The summed E-state index contributed by atoms with van der Waals surface area (Å²) >= 11 is 12.0. The summed E-state index contributed by atoms with van der Waals surface area (Å²) in [7, 11) is 1.26. The van der Waals surface area contributed by atoms with Crippen molar-refractivity contribution >= 4 is 40.8 Å². The number of nitrogen functional groups attached to an aromatic ring is 1. The molecule has 0 radical (unpaired) electrons. The second kappa shape index (κ2) is 10.7. The summed E-state index contributed by atoms with van der Waals surface area (Å²) in [5.41, 5.74) is 7.20. The number of hydrogen-bond donors (Lipinski definition) is 2. The highest BCUT2D eigenvalue weighted by atomic mass is 35.5. The molecular weight excluding hydrogens is 375 g/mol. The lowest BCUT2D eigenvalue weighted by Gasteiger charge is -2.17. The van der Waals surface area contributed by atoms with Crippen molar-refractivity contribution in [3.8, 4) is 0 Å². The Bertz CT molecular complexity index is 729. The number of methoxy groups -OCH3 is 1. The smallest absolute Gasteiger partial charge is 0.328 e. The van der Waals surface area contributed by atoms with Crippen molar-refractivity contribution in [2.75, 3.05) is 12.8 Å². The van der Waals surface area contributed by atoms with E-state index in [4.69, 9.17) is 33.7 Å². The fourth-order valence-corrected chi connectivity index (χ4v) is 2.74. The summed E-state index contributed by atoms with van der Waals surface area (Å²) in [6, 6.07) is 10.9. The van der Waals surface area contributed by atoms with E-state index < -0.39 is 17.9 Å². The summed E-state index contributed by atoms with van der Waals surface area (Å²) in [4.78, 5) is 24.4. The van der Waals surface area contributed by atoms with Crippen molar-refractivity contribution in [3.63, 3.8) is 0 Å². The lowest BCUT2D eigenvalue weighted by molar-refractivity contribution is -0.142. The summed E-state index contributed by atoms with van der Waals surface area (Å²) < 4.78 is 4.76. The first-order chi connectivity index (χ1) is 12.4. The van der Waals surface area contributed by atoms with E-state index >= 15 is 0 Å². The number of anilines is 1. The van der Waals surface area contributed by atoms with Crippen LogP contribution in [0.15, 0.2) is 42.5 Å². The molecule has 1 atom stereocenters. The van der Waals surface area contributed by atoms with E-state index in [0.29, 0.717) is 5.69 Å². The van der Waals surface area contributed by atoms with Crippen LogP contribution in [0.2, 0.25) is 10.0 Å². The fraction of sp³-hybridized carbons (Fsp3) is 0.263. The molecule has 0 spiro atoms. The topological polar surface area (TPSA) is 81.4 Å². The third-order valence-electron chi connectivity index (χ3n) is 3.40. The Morgan fingerprint density at radius 3 is 2.12 bits per heavy atom. The largest absolute Gasteiger partial charge is 0.467 e. The maximum Gasteiger partial charge on any atom is 0.328 e. The second-order valence-electron chi connectivity index (χ2n) is 5.09. The number of halogens is 2.